The first-order valence-corrected chi connectivity index (χ1v) is 12.8. The number of rotatable bonds is 4. The molecule has 1 saturated heterocycles. The van der Waals surface area contributed by atoms with Gasteiger partial charge in [-0.15, -0.1) is 26.3 Å². The molecular formula is C29H47ClN6O2. The molecule has 2 bridgehead atoms. The van der Waals surface area contributed by atoms with Crippen molar-refractivity contribution in [2.45, 2.75) is 39.7 Å². The number of fused-ring (bicyclic) bond motifs is 4. The van der Waals surface area contributed by atoms with Crippen molar-refractivity contribution in [3.05, 3.63) is 73.2 Å². The van der Waals surface area contributed by atoms with Gasteiger partial charge in [-0.2, -0.15) is 0 Å². The Balaban J connectivity index is 0. The summed E-state index contributed by atoms with van der Waals surface area (Å²) in [5.74, 6) is 0.978. The quantitative estimate of drug-likeness (QED) is 0.353. The van der Waals surface area contributed by atoms with Crippen molar-refractivity contribution in [2.75, 3.05) is 50.7 Å². The molecule has 0 spiro atoms. The van der Waals surface area contributed by atoms with Crippen LogP contribution in [0.2, 0.25) is 5.02 Å². The Morgan fingerprint density at radius 3 is 2.37 bits per heavy atom. The smallest absolute Gasteiger partial charge is 0.157 e. The standard InChI is InChI=1S/C20H22ClN5.C3H8O.2C2H4.CH5N.CH4O/c1-13-10-15(5-8-23-13)19-17(21)11-18-20(24-19)26(14(2)4-7-22-3)16-6-9-25(18)12-16;1-2-3-4;4*1-2/h4-5,7-8,10-11,16H,6,9,12H2,1-3H3;4H,2-3H2,1H3;2*1-2H2;2H2,1H3;2H,1H3/b14-4+,22-7?;;;;;. The van der Waals surface area contributed by atoms with Gasteiger partial charge in [-0.25, -0.2) is 4.98 Å². The Morgan fingerprint density at radius 1 is 1.24 bits per heavy atom. The lowest BCUT2D eigenvalue weighted by Crippen LogP contribution is -2.41. The third kappa shape index (κ3) is 10.4. The second-order valence-corrected chi connectivity index (χ2v) is 7.95. The van der Waals surface area contributed by atoms with Crippen LogP contribution in [0.4, 0.5) is 11.5 Å². The molecule has 4 N–H and O–H groups in total. The molecule has 0 saturated carbocycles. The van der Waals surface area contributed by atoms with Gasteiger partial charge in [-0.1, -0.05) is 18.5 Å². The highest BCUT2D eigenvalue weighted by atomic mass is 35.5. The molecule has 0 aromatic carbocycles. The summed E-state index contributed by atoms with van der Waals surface area (Å²) in [6, 6.07) is 6.48. The SMILES string of the molecule is C=C.C=C.CCCO.CN.CN=C/C=C(\C)N1c2nc(-c3ccnc(C)c3)c(Cl)cc2N2CCC1C2.CO. The number of nitrogens with two attached hydrogens (primary N) is 1. The number of anilines is 2. The minimum atomic E-state index is 0.319. The second kappa shape index (κ2) is 22.0. The summed E-state index contributed by atoms with van der Waals surface area (Å²) in [5, 5.41) is 15.6. The Labute approximate surface area is 234 Å². The maximum Gasteiger partial charge on any atom is 0.157 e. The molecule has 8 nitrogen and oxygen atoms in total. The Hall–Kier alpha value is -3.04. The number of aliphatic imine (C=N–C) groups is 1. The van der Waals surface area contributed by atoms with Crippen LogP contribution in [0.25, 0.3) is 11.3 Å². The Bertz CT molecular complexity index is 980. The van der Waals surface area contributed by atoms with Gasteiger partial charge in [0.1, 0.15) is 0 Å². The van der Waals surface area contributed by atoms with Crippen molar-refractivity contribution in [1.82, 2.24) is 9.97 Å². The first-order valence-electron chi connectivity index (χ1n) is 12.4. The molecule has 9 heteroatoms. The maximum absolute atomic E-state index is 7.88. The van der Waals surface area contributed by atoms with Crippen molar-refractivity contribution in [2.24, 2.45) is 10.7 Å². The van der Waals surface area contributed by atoms with Crippen LogP contribution in [0, 0.1) is 6.92 Å². The molecule has 212 valence electrons. The Morgan fingerprint density at radius 2 is 1.84 bits per heavy atom. The third-order valence-electron chi connectivity index (χ3n) is 5.27. The number of aliphatic hydroxyl groups is 2. The maximum atomic E-state index is 7.88. The van der Waals surface area contributed by atoms with Crippen molar-refractivity contribution in [1.29, 1.82) is 0 Å². The summed E-state index contributed by atoms with van der Waals surface area (Å²) in [4.78, 5) is 18.1. The van der Waals surface area contributed by atoms with Gasteiger partial charge in [0, 0.05) is 63.2 Å². The zero-order chi connectivity index (χ0) is 29.7. The molecule has 2 aromatic heterocycles. The van der Waals surface area contributed by atoms with Gasteiger partial charge in [0.2, 0.25) is 0 Å². The van der Waals surface area contributed by atoms with Crippen LogP contribution in [0.5, 0.6) is 0 Å². The van der Waals surface area contributed by atoms with Crippen LogP contribution < -0.4 is 15.5 Å². The highest BCUT2D eigenvalue weighted by Gasteiger charge is 2.38. The van der Waals surface area contributed by atoms with Gasteiger partial charge in [0.05, 0.1) is 22.4 Å². The van der Waals surface area contributed by atoms with Crippen molar-refractivity contribution in [3.63, 3.8) is 0 Å². The average molecular weight is 547 g/mol. The predicted octanol–water partition coefficient (Wildman–Crippen LogP) is 5.29. The second-order valence-electron chi connectivity index (χ2n) is 7.54. The zero-order valence-corrected chi connectivity index (χ0v) is 24.7. The molecule has 1 unspecified atom stereocenters. The lowest BCUT2D eigenvalue weighted by Gasteiger charge is -2.38. The van der Waals surface area contributed by atoms with E-state index in [9.17, 15) is 0 Å². The Kier molecular flexibility index (Phi) is 21.5. The van der Waals surface area contributed by atoms with Gasteiger partial charge in [0.15, 0.2) is 5.82 Å². The molecule has 2 aliphatic heterocycles. The molecule has 2 aromatic rings. The molecule has 38 heavy (non-hydrogen) atoms. The van der Waals surface area contributed by atoms with Gasteiger partial charge in [-0.3, -0.25) is 9.98 Å². The minimum absolute atomic E-state index is 0.319. The van der Waals surface area contributed by atoms with Crippen molar-refractivity contribution >= 4 is 29.3 Å². The first kappa shape index (κ1) is 37.1. The van der Waals surface area contributed by atoms with E-state index >= 15 is 0 Å². The highest BCUT2D eigenvalue weighted by molar-refractivity contribution is 6.33. The monoisotopic (exact) mass is 546 g/mol. The molecule has 4 heterocycles. The highest BCUT2D eigenvalue weighted by Crippen LogP contribution is 2.44. The van der Waals surface area contributed by atoms with Crippen LogP contribution in [-0.2, 0) is 0 Å². The third-order valence-corrected chi connectivity index (χ3v) is 5.56. The number of allylic oxidation sites excluding steroid dienone is 2. The number of hydrogen-bond donors (Lipinski definition) is 3. The summed E-state index contributed by atoms with van der Waals surface area (Å²) in [7, 11) is 4.28. The number of aliphatic hydroxyl groups excluding tert-OH is 2. The molecule has 0 amide bonds. The largest absolute Gasteiger partial charge is 0.400 e. The van der Waals surface area contributed by atoms with E-state index < -0.39 is 0 Å². The average Bonchev–Trinajstić information content (AvgIpc) is 3.41. The number of nitrogens with zero attached hydrogens (tertiary/aromatic N) is 5. The van der Waals surface area contributed by atoms with Gasteiger partial charge in [-0.05, 0) is 58.0 Å². The van der Waals surface area contributed by atoms with Gasteiger partial charge >= 0.3 is 0 Å². The molecule has 4 rings (SSSR count). The van der Waals surface area contributed by atoms with E-state index in [0.717, 1.165) is 67.2 Å². The van der Waals surface area contributed by atoms with E-state index in [1.165, 1.54) is 7.05 Å². The lowest BCUT2D eigenvalue weighted by atomic mass is 10.1. The molecule has 0 aliphatic carbocycles. The summed E-state index contributed by atoms with van der Waals surface area (Å²) in [6.07, 6.45) is 7.67. The van der Waals surface area contributed by atoms with E-state index in [-0.39, 0.29) is 0 Å². The summed E-state index contributed by atoms with van der Waals surface area (Å²) in [6.45, 7) is 20.4. The fraction of sp³-hybridized carbons (Fsp3) is 0.414. The zero-order valence-electron chi connectivity index (χ0n) is 24.0. The fourth-order valence-corrected chi connectivity index (χ4v) is 4.09. The van der Waals surface area contributed by atoms with Crippen LogP contribution >= 0.6 is 11.6 Å². The predicted molar refractivity (Wildman–Crippen MR) is 167 cm³/mol. The molecule has 1 fully saturated rings. The van der Waals surface area contributed by atoms with Crippen LogP contribution in [0.15, 0.2) is 67.5 Å². The van der Waals surface area contributed by atoms with E-state index in [4.69, 9.17) is 26.8 Å². The molecular weight excluding hydrogens is 500 g/mol. The summed E-state index contributed by atoms with van der Waals surface area (Å²) < 4.78 is 0. The van der Waals surface area contributed by atoms with E-state index in [1.807, 2.05) is 38.3 Å². The van der Waals surface area contributed by atoms with Crippen LogP contribution in [-0.4, -0.2) is 73.3 Å². The number of halogens is 1. The molecule has 2 aliphatic rings. The molecule has 1 atom stereocenters. The summed E-state index contributed by atoms with van der Waals surface area (Å²) in [5.41, 5.74) is 9.51. The van der Waals surface area contributed by atoms with Gasteiger partial charge in [0.25, 0.3) is 0 Å². The van der Waals surface area contributed by atoms with Crippen molar-refractivity contribution < 1.29 is 10.2 Å². The van der Waals surface area contributed by atoms with E-state index in [2.05, 4.69) is 64.8 Å². The van der Waals surface area contributed by atoms with E-state index in [0.29, 0.717) is 17.7 Å². The first-order chi connectivity index (χ1) is 18.5. The lowest BCUT2D eigenvalue weighted by molar-refractivity contribution is 0.295. The minimum Gasteiger partial charge on any atom is -0.400 e. The topological polar surface area (TPSA) is 111 Å². The van der Waals surface area contributed by atoms with Crippen LogP contribution in [0.3, 0.4) is 0 Å². The fourth-order valence-electron chi connectivity index (χ4n) is 3.84. The molecule has 0 radical (unpaired) electrons. The van der Waals surface area contributed by atoms with Crippen molar-refractivity contribution in [3.8, 4) is 11.3 Å². The number of aromatic nitrogens is 2. The van der Waals surface area contributed by atoms with Gasteiger partial charge < -0.3 is 25.7 Å². The normalized spacial score (nSPS) is 14.6. The number of pyridine rings is 2. The number of hydrogen-bond acceptors (Lipinski definition) is 8. The van der Waals surface area contributed by atoms with Crippen LogP contribution in [0.1, 0.15) is 32.4 Å². The number of aryl methyl sites for hydroxylation is 1. The van der Waals surface area contributed by atoms with E-state index in [1.54, 1.807) is 13.2 Å². The summed E-state index contributed by atoms with van der Waals surface area (Å²) >= 11 is 6.63.